The van der Waals surface area contributed by atoms with Gasteiger partial charge in [-0.15, -0.1) is 10.2 Å². The summed E-state index contributed by atoms with van der Waals surface area (Å²) in [6, 6.07) is 7.80. The van der Waals surface area contributed by atoms with Crippen LogP contribution in [0.5, 0.6) is 5.88 Å². The van der Waals surface area contributed by atoms with Gasteiger partial charge in [-0.3, -0.25) is 0 Å². The van der Waals surface area contributed by atoms with Crippen LogP contribution in [0.15, 0.2) is 24.3 Å². The number of aromatic nitrogens is 2. The first-order valence-corrected chi connectivity index (χ1v) is 7.67. The molecular formula is C16H21ClN2O. The number of unbranched alkanes of at least 4 members (excludes halogenated alkanes) is 3. The molecule has 2 rings (SSSR count). The lowest BCUT2D eigenvalue weighted by Gasteiger charge is -2.15. The Balaban J connectivity index is 2.04. The number of rotatable bonds is 7. The van der Waals surface area contributed by atoms with E-state index in [4.69, 9.17) is 16.3 Å². The maximum atomic E-state index is 6.05. The molecule has 0 bridgehead atoms. The molecule has 1 unspecified atom stereocenters. The van der Waals surface area contributed by atoms with Gasteiger partial charge >= 0.3 is 0 Å². The summed E-state index contributed by atoms with van der Waals surface area (Å²) in [5, 5.41) is 10.3. The second-order valence-corrected chi connectivity index (χ2v) is 5.48. The molecule has 0 radical (unpaired) electrons. The Labute approximate surface area is 125 Å². The summed E-state index contributed by atoms with van der Waals surface area (Å²) < 4.78 is 5.93. The van der Waals surface area contributed by atoms with E-state index in [9.17, 15) is 0 Å². The smallest absolute Gasteiger partial charge is 0.241 e. The highest BCUT2D eigenvalue weighted by molar-refractivity contribution is 6.34. The van der Waals surface area contributed by atoms with Crippen LogP contribution in [0.1, 0.15) is 46.0 Å². The van der Waals surface area contributed by atoms with Crippen LogP contribution >= 0.6 is 11.6 Å². The van der Waals surface area contributed by atoms with Crippen molar-refractivity contribution >= 4 is 22.4 Å². The number of fused-ring (bicyclic) bond motifs is 1. The lowest BCUT2D eigenvalue weighted by molar-refractivity contribution is 0.199. The molecule has 108 valence electrons. The zero-order valence-corrected chi connectivity index (χ0v) is 12.9. The van der Waals surface area contributed by atoms with E-state index in [-0.39, 0.29) is 6.10 Å². The van der Waals surface area contributed by atoms with Crippen molar-refractivity contribution in [3.05, 3.63) is 29.4 Å². The monoisotopic (exact) mass is 292 g/mol. The van der Waals surface area contributed by atoms with Gasteiger partial charge in [0.1, 0.15) is 0 Å². The Morgan fingerprint density at radius 2 is 1.85 bits per heavy atom. The highest BCUT2D eigenvalue weighted by atomic mass is 35.5. The summed E-state index contributed by atoms with van der Waals surface area (Å²) >= 11 is 6.05. The minimum atomic E-state index is 0.144. The number of hydrogen-bond acceptors (Lipinski definition) is 3. The molecule has 0 amide bonds. The summed E-state index contributed by atoms with van der Waals surface area (Å²) in [6.45, 7) is 4.30. The van der Waals surface area contributed by atoms with Crippen LogP contribution in [0.2, 0.25) is 5.15 Å². The molecule has 20 heavy (non-hydrogen) atoms. The minimum Gasteiger partial charge on any atom is -0.473 e. The van der Waals surface area contributed by atoms with Crippen molar-refractivity contribution < 1.29 is 4.74 Å². The molecule has 0 spiro atoms. The minimum absolute atomic E-state index is 0.144. The van der Waals surface area contributed by atoms with Crippen LogP contribution in [-0.2, 0) is 0 Å². The van der Waals surface area contributed by atoms with Crippen molar-refractivity contribution in [3.8, 4) is 5.88 Å². The summed E-state index contributed by atoms with van der Waals surface area (Å²) in [4.78, 5) is 0. The Hall–Kier alpha value is -1.35. The molecule has 0 aliphatic carbocycles. The molecule has 0 N–H and O–H groups in total. The predicted molar refractivity (Wildman–Crippen MR) is 83.4 cm³/mol. The van der Waals surface area contributed by atoms with Gasteiger partial charge in [-0.2, -0.15) is 0 Å². The zero-order valence-electron chi connectivity index (χ0n) is 12.1. The maximum absolute atomic E-state index is 6.05. The van der Waals surface area contributed by atoms with E-state index in [1.165, 1.54) is 25.7 Å². The quantitative estimate of drug-likeness (QED) is 0.672. The van der Waals surface area contributed by atoms with E-state index >= 15 is 0 Å². The molecule has 1 atom stereocenters. The Bertz CT molecular complexity index is 559. The van der Waals surface area contributed by atoms with Crippen LogP contribution in [-0.4, -0.2) is 16.3 Å². The van der Waals surface area contributed by atoms with E-state index in [1.807, 2.05) is 24.3 Å². The van der Waals surface area contributed by atoms with Crippen LogP contribution in [0.25, 0.3) is 10.8 Å². The van der Waals surface area contributed by atoms with Crippen LogP contribution in [0, 0.1) is 0 Å². The molecule has 0 saturated carbocycles. The van der Waals surface area contributed by atoms with Crippen LogP contribution in [0.3, 0.4) is 0 Å². The van der Waals surface area contributed by atoms with Gasteiger partial charge in [0.25, 0.3) is 0 Å². The fourth-order valence-corrected chi connectivity index (χ4v) is 2.44. The van der Waals surface area contributed by atoms with Gasteiger partial charge in [0.05, 0.1) is 6.10 Å². The fourth-order valence-electron chi connectivity index (χ4n) is 2.24. The lowest BCUT2D eigenvalue weighted by atomic mass is 10.1. The van der Waals surface area contributed by atoms with Crippen molar-refractivity contribution in [1.29, 1.82) is 0 Å². The molecule has 0 aliphatic rings. The van der Waals surface area contributed by atoms with E-state index in [1.54, 1.807) is 0 Å². The molecule has 0 aliphatic heterocycles. The molecule has 1 aromatic carbocycles. The topological polar surface area (TPSA) is 35.0 Å². The highest BCUT2D eigenvalue weighted by Gasteiger charge is 2.11. The zero-order chi connectivity index (χ0) is 14.4. The third kappa shape index (κ3) is 3.83. The average molecular weight is 293 g/mol. The van der Waals surface area contributed by atoms with Gasteiger partial charge in [0, 0.05) is 10.8 Å². The Kier molecular flexibility index (Phi) is 5.60. The number of hydrogen-bond donors (Lipinski definition) is 0. The third-order valence-corrected chi connectivity index (χ3v) is 3.66. The van der Waals surface area contributed by atoms with Crippen molar-refractivity contribution in [2.45, 2.75) is 52.1 Å². The highest BCUT2D eigenvalue weighted by Crippen LogP contribution is 2.28. The summed E-state index contributed by atoms with van der Waals surface area (Å²) in [7, 11) is 0. The van der Waals surface area contributed by atoms with Crippen molar-refractivity contribution in [3.63, 3.8) is 0 Å². The maximum Gasteiger partial charge on any atom is 0.241 e. The number of nitrogens with zero attached hydrogens (tertiary/aromatic N) is 2. The van der Waals surface area contributed by atoms with E-state index in [0.717, 1.165) is 17.2 Å². The van der Waals surface area contributed by atoms with Gasteiger partial charge in [0.2, 0.25) is 5.88 Å². The lowest BCUT2D eigenvalue weighted by Crippen LogP contribution is -2.13. The summed E-state index contributed by atoms with van der Waals surface area (Å²) in [5.41, 5.74) is 0. The number of halogens is 1. The van der Waals surface area contributed by atoms with Gasteiger partial charge < -0.3 is 4.74 Å². The van der Waals surface area contributed by atoms with E-state index in [2.05, 4.69) is 24.0 Å². The molecule has 0 saturated heterocycles. The second kappa shape index (κ2) is 7.44. The second-order valence-electron chi connectivity index (χ2n) is 5.12. The van der Waals surface area contributed by atoms with Gasteiger partial charge in [-0.05, 0) is 25.8 Å². The molecular weight excluding hydrogens is 272 g/mol. The summed E-state index contributed by atoms with van der Waals surface area (Å²) in [6.07, 6.45) is 6.17. The van der Waals surface area contributed by atoms with Crippen molar-refractivity contribution in [2.75, 3.05) is 0 Å². The van der Waals surface area contributed by atoms with Crippen LogP contribution < -0.4 is 4.74 Å². The molecule has 3 nitrogen and oxygen atoms in total. The normalized spacial score (nSPS) is 12.6. The van der Waals surface area contributed by atoms with Crippen molar-refractivity contribution in [2.24, 2.45) is 0 Å². The van der Waals surface area contributed by atoms with E-state index < -0.39 is 0 Å². The Morgan fingerprint density at radius 1 is 1.10 bits per heavy atom. The molecule has 4 heteroatoms. The standard InChI is InChI=1S/C16H21ClN2O/c1-3-4-5-6-9-12(2)20-16-14-11-8-7-10-13(14)15(17)18-19-16/h7-8,10-12H,3-6,9H2,1-2H3. The fraction of sp³-hybridized carbons (Fsp3) is 0.500. The molecule has 0 fully saturated rings. The van der Waals surface area contributed by atoms with Gasteiger partial charge in [0.15, 0.2) is 5.15 Å². The first-order chi connectivity index (χ1) is 9.72. The SMILES string of the molecule is CCCCCCC(C)Oc1nnc(Cl)c2ccccc12. The first-order valence-electron chi connectivity index (χ1n) is 7.30. The Morgan fingerprint density at radius 3 is 2.60 bits per heavy atom. The van der Waals surface area contributed by atoms with Crippen LogP contribution in [0.4, 0.5) is 0 Å². The van der Waals surface area contributed by atoms with Gasteiger partial charge in [-0.1, -0.05) is 56.0 Å². The van der Waals surface area contributed by atoms with Crippen molar-refractivity contribution in [1.82, 2.24) is 10.2 Å². The third-order valence-electron chi connectivity index (χ3n) is 3.39. The van der Waals surface area contributed by atoms with E-state index in [0.29, 0.717) is 11.0 Å². The molecule has 1 heterocycles. The predicted octanol–water partition coefficient (Wildman–Crippen LogP) is 5.02. The molecule has 1 aromatic heterocycles. The number of ether oxygens (including phenoxy) is 1. The number of benzene rings is 1. The van der Waals surface area contributed by atoms with Gasteiger partial charge in [-0.25, -0.2) is 0 Å². The molecule has 2 aromatic rings. The largest absolute Gasteiger partial charge is 0.473 e. The summed E-state index contributed by atoms with van der Waals surface area (Å²) in [5.74, 6) is 0.577. The first kappa shape index (κ1) is 15.0. The average Bonchev–Trinajstić information content (AvgIpc) is 2.47.